The third-order valence-electron chi connectivity index (χ3n) is 1.53. The van der Waals surface area contributed by atoms with E-state index in [1.54, 1.807) is 6.92 Å². The molecule has 0 aliphatic heterocycles. The molecule has 0 fully saturated rings. The van der Waals surface area contributed by atoms with E-state index in [0.29, 0.717) is 5.69 Å². The van der Waals surface area contributed by atoms with Gasteiger partial charge in [0.25, 0.3) is 6.43 Å². The fraction of sp³-hybridized carbons (Fsp3) is 0.375. The van der Waals surface area contributed by atoms with Crippen LogP contribution in [0.25, 0.3) is 0 Å². The topological polar surface area (TPSA) is 38.9 Å². The van der Waals surface area contributed by atoms with Gasteiger partial charge in [0, 0.05) is 17.8 Å². The Morgan fingerprint density at radius 3 is 2.31 bits per heavy atom. The van der Waals surface area contributed by atoms with E-state index in [4.69, 9.17) is 5.73 Å². The number of aromatic nitrogens is 1. The molecule has 0 aromatic carbocycles. The quantitative estimate of drug-likeness (QED) is 0.811. The van der Waals surface area contributed by atoms with E-state index in [1.165, 1.54) is 12.1 Å². The van der Waals surface area contributed by atoms with Crippen LogP contribution in [0, 0.1) is 0 Å². The summed E-state index contributed by atoms with van der Waals surface area (Å²) in [7, 11) is 0. The van der Waals surface area contributed by atoms with Gasteiger partial charge in [-0.25, -0.2) is 8.78 Å². The Kier molecular flexibility index (Phi) is 4.80. The van der Waals surface area contributed by atoms with Crippen molar-refractivity contribution in [3.63, 3.8) is 0 Å². The molecule has 1 rings (SSSR count). The van der Waals surface area contributed by atoms with Gasteiger partial charge in [0.15, 0.2) is 0 Å². The molecule has 1 aromatic rings. The molecule has 0 saturated heterocycles. The Morgan fingerprint density at radius 1 is 1.38 bits per heavy atom. The smallest absolute Gasteiger partial charge is 0.265 e. The minimum Gasteiger partial charge on any atom is -0.323 e. The second-order valence-electron chi connectivity index (χ2n) is 2.61. The molecule has 0 radical (unpaired) electrons. The van der Waals surface area contributed by atoms with Crippen LogP contribution in [0.15, 0.2) is 18.3 Å². The van der Waals surface area contributed by atoms with E-state index in [2.05, 4.69) is 4.98 Å². The maximum atomic E-state index is 12.0. The predicted molar refractivity (Wildman–Crippen MR) is 49.0 cm³/mol. The van der Waals surface area contributed by atoms with Crippen LogP contribution >= 0.6 is 12.4 Å². The zero-order valence-corrected chi connectivity index (χ0v) is 7.89. The van der Waals surface area contributed by atoms with Crippen LogP contribution in [0.5, 0.6) is 0 Å². The second kappa shape index (κ2) is 5.09. The molecule has 1 aromatic heterocycles. The van der Waals surface area contributed by atoms with Gasteiger partial charge in [0.1, 0.15) is 0 Å². The molecule has 2 N–H and O–H groups in total. The van der Waals surface area contributed by atoms with Gasteiger partial charge < -0.3 is 5.73 Å². The summed E-state index contributed by atoms with van der Waals surface area (Å²) in [6.07, 6.45) is -1.30. The lowest BCUT2D eigenvalue weighted by atomic mass is 10.2. The zero-order valence-electron chi connectivity index (χ0n) is 7.08. The average Bonchev–Trinajstić information content (AvgIpc) is 2.04. The van der Waals surface area contributed by atoms with Crippen molar-refractivity contribution in [3.8, 4) is 0 Å². The molecule has 0 spiro atoms. The van der Waals surface area contributed by atoms with Crippen molar-refractivity contribution < 1.29 is 8.78 Å². The highest BCUT2D eigenvalue weighted by molar-refractivity contribution is 5.85. The zero-order chi connectivity index (χ0) is 9.14. The first-order valence-electron chi connectivity index (χ1n) is 3.61. The molecule has 1 atom stereocenters. The van der Waals surface area contributed by atoms with E-state index in [-0.39, 0.29) is 24.0 Å². The molecular formula is C8H11ClF2N2. The fourth-order valence-corrected chi connectivity index (χ4v) is 0.815. The summed E-state index contributed by atoms with van der Waals surface area (Å²) >= 11 is 0. The van der Waals surface area contributed by atoms with Gasteiger partial charge >= 0.3 is 0 Å². The molecule has 0 aliphatic carbocycles. The SMILES string of the molecule is CC(N)c1ccc(C(F)F)cn1.Cl. The maximum Gasteiger partial charge on any atom is 0.265 e. The van der Waals surface area contributed by atoms with E-state index in [9.17, 15) is 8.78 Å². The highest BCUT2D eigenvalue weighted by Crippen LogP contribution is 2.18. The standard InChI is InChI=1S/C8H10F2N2.ClH/c1-5(11)7-3-2-6(4-12-7)8(9)10;/h2-5,8H,11H2,1H3;1H. The number of nitrogens with two attached hydrogens (primary N) is 1. The van der Waals surface area contributed by atoms with Gasteiger partial charge in [-0.2, -0.15) is 0 Å². The van der Waals surface area contributed by atoms with Crippen molar-refractivity contribution in [1.82, 2.24) is 4.98 Å². The number of pyridine rings is 1. The summed E-state index contributed by atoms with van der Waals surface area (Å²) in [6.45, 7) is 1.75. The Morgan fingerprint density at radius 2 is 2.00 bits per heavy atom. The molecule has 74 valence electrons. The molecule has 1 unspecified atom stereocenters. The van der Waals surface area contributed by atoms with E-state index >= 15 is 0 Å². The van der Waals surface area contributed by atoms with E-state index in [0.717, 1.165) is 6.20 Å². The number of alkyl halides is 2. The molecule has 0 saturated carbocycles. The van der Waals surface area contributed by atoms with Crippen LogP contribution in [0.4, 0.5) is 8.78 Å². The van der Waals surface area contributed by atoms with Crippen LogP contribution in [0.2, 0.25) is 0 Å². The van der Waals surface area contributed by atoms with Crippen molar-refractivity contribution in [3.05, 3.63) is 29.6 Å². The number of halogens is 3. The maximum absolute atomic E-state index is 12.0. The van der Waals surface area contributed by atoms with Crippen molar-refractivity contribution in [2.45, 2.75) is 19.4 Å². The van der Waals surface area contributed by atoms with Crippen LogP contribution < -0.4 is 5.73 Å². The van der Waals surface area contributed by atoms with Crippen molar-refractivity contribution >= 4 is 12.4 Å². The molecule has 2 nitrogen and oxygen atoms in total. The summed E-state index contributed by atoms with van der Waals surface area (Å²) in [4.78, 5) is 3.79. The monoisotopic (exact) mass is 208 g/mol. The lowest BCUT2D eigenvalue weighted by molar-refractivity contribution is 0.151. The first-order chi connectivity index (χ1) is 5.61. The van der Waals surface area contributed by atoms with Crippen LogP contribution in [0.1, 0.15) is 30.6 Å². The van der Waals surface area contributed by atoms with Crippen LogP contribution in [-0.2, 0) is 0 Å². The summed E-state index contributed by atoms with van der Waals surface area (Å²) in [5.41, 5.74) is 6.04. The number of nitrogens with zero attached hydrogens (tertiary/aromatic N) is 1. The second-order valence-corrected chi connectivity index (χ2v) is 2.61. The first kappa shape index (κ1) is 12.3. The van der Waals surface area contributed by atoms with Crippen molar-refractivity contribution in [1.29, 1.82) is 0 Å². The molecule has 13 heavy (non-hydrogen) atoms. The predicted octanol–water partition coefficient (Wildman–Crippen LogP) is 2.46. The summed E-state index contributed by atoms with van der Waals surface area (Å²) < 4.78 is 24.1. The van der Waals surface area contributed by atoms with Crippen molar-refractivity contribution in [2.75, 3.05) is 0 Å². The number of hydrogen-bond acceptors (Lipinski definition) is 2. The van der Waals surface area contributed by atoms with E-state index in [1.807, 2.05) is 0 Å². The molecule has 5 heteroatoms. The van der Waals surface area contributed by atoms with Gasteiger partial charge in [-0.05, 0) is 19.1 Å². The average molecular weight is 209 g/mol. The lowest BCUT2D eigenvalue weighted by Gasteiger charge is -2.04. The molecular weight excluding hydrogens is 198 g/mol. The third kappa shape index (κ3) is 3.24. The van der Waals surface area contributed by atoms with Gasteiger partial charge in [0.05, 0.1) is 5.69 Å². The van der Waals surface area contributed by atoms with Gasteiger partial charge in [0.2, 0.25) is 0 Å². The van der Waals surface area contributed by atoms with Gasteiger partial charge in [-0.3, -0.25) is 4.98 Å². The van der Waals surface area contributed by atoms with Gasteiger partial charge in [-0.1, -0.05) is 0 Å². The third-order valence-corrected chi connectivity index (χ3v) is 1.53. The highest BCUT2D eigenvalue weighted by Gasteiger charge is 2.07. The van der Waals surface area contributed by atoms with E-state index < -0.39 is 6.43 Å². The minimum absolute atomic E-state index is 0. The highest BCUT2D eigenvalue weighted by atomic mass is 35.5. The normalized spacial score (nSPS) is 12.4. The van der Waals surface area contributed by atoms with Gasteiger partial charge in [-0.15, -0.1) is 12.4 Å². The summed E-state index contributed by atoms with van der Waals surface area (Å²) in [6, 6.07) is 2.65. The number of rotatable bonds is 2. The lowest BCUT2D eigenvalue weighted by Crippen LogP contribution is -2.07. The minimum atomic E-state index is -2.46. The summed E-state index contributed by atoms with van der Waals surface area (Å²) in [5, 5.41) is 0. The Bertz CT molecular complexity index is 222. The molecule has 0 aliphatic rings. The van der Waals surface area contributed by atoms with Crippen molar-refractivity contribution in [2.24, 2.45) is 5.73 Å². The van der Waals surface area contributed by atoms with Crippen LogP contribution in [-0.4, -0.2) is 4.98 Å². The Labute approximate surface area is 81.6 Å². The summed E-state index contributed by atoms with van der Waals surface area (Å²) in [5.74, 6) is 0. The Balaban J connectivity index is 0.00000144. The fourth-order valence-electron chi connectivity index (χ4n) is 0.815. The molecule has 1 heterocycles. The largest absolute Gasteiger partial charge is 0.323 e. The molecule has 0 amide bonds. The molecule has 0 bridgehead atoms. The number of hydrogen-bond donors (Lipinski definition) is 1. The van der Waals surface area contributed by atoms with Crippen LogP contribution in [0.3, 0.4) is 0 Å². The first-order valence-corrected chi connectivity index (χ1v) is 3.61. The Hall–Kier alpha value is -0.740.